The average molecular weight is 250 g/mol. The van der Waals surface area contributed by atoms with Crippen molar-refractivity contribution >= 4 is 11.6 Å². The Bertz CT molecular complexity index is 531. The molecule has 90 valence electrons. The van der Waals surface area contributed by atoms with Gasteiger partial charge in [0.05, 0.1) is 5.69 Å². The molecule has 2 aromatic rings. The lowest BCUT2D eigenvalue weighted by atomic mass is 10.1. The van der Waals surface area contributed by atoms with Crippen LogP contribution in [0.1, 0.15) is 11.3 Å². The van der Waals surface area contributed by atoms with E-state index in [2.05, 4.69) is 35.4 Å². The van der Waals surface area contributed by atoms with Gasteiger partial charge in [-0.15, -0.1) is 0 Å². The Hall–Kier alpha value is -1.32. The standard InChI is InChI=1S/C13H16ClN3/c1-9-5-4-6-10(7-9)13-16-12(14)11(8-15-2)17(13)3/h4-7,15H,8H2,1-3H3. The van der Waals surface area contributed by atoms with Crippen LogP contribution in [-0.2, 0) is 13.6 Å². The topological polar surface area (TPSA) is 29.9 Å². The van der Waals surface area contributed by atoms with E-state index in [0.29, 0.717) is 11.7 Å². The SMILES string of the molecule is CNCc1c(Cl)nc(-c2cccc(C)c2)n1C. The highest BCUT2D eigenvalue weighted by Gasteiger charge is 2.13. The maximum absolute atomic E-state index is 6.15. The van der Waals surface area contributed by atoms with E-state index in [9.17, 15) is 0 Å². The summed E-state index contributed by atoms with van der Waals surface area (Å²) in [4.78, 5) is 4.43. The minimum absolute atomic E-state index is 0.568. The van der Waals surface area contributed by atoms with Gasteiger partial charge in [-0.25, -0.2) is 4.98 Å². The zero-order valence-corrected chi connectivity index (χ0v) is 11.0. The zero-order valence-electron chi connectivity index (χ0n) is 10.3. The molecule has 0 spiro atoms. The fraction of sp³-hybridized carbons (Fsp3) is 0.308. The lowest BCUT2D eigenvalue weighted by Crippen LogP contribution is -2.10. The van der Waals surface area contributed by atoms with Gasteiger partial charge in [-0.2, -0.15) is 0 Å². The van der Waals surface area contributed by atoms with Gasteiger partial charge >= 0.3 is 0 Å². The molecule has 1 aromatic carbocycles. The fourth-order valence-corrected chi connectivity index (χ4v) is 2.17. The number of benzene rings is 1. The Balaban J connectivity index is 2.50. The molecule has 4 heteroatoms. The molecule has 0 unspecified atom stereocenters. The van der Waals surface area contributed by atoms with Crippen molar-refractivity contribution in [2.45, 2.75) is 13.5 Å². The number of nitrogens with one attached hydrogen (secondary N) is 1. The zero-order chi connectivity index (χ0) is 12.4. The lowest BCUT2D eigenvalue weighted by Gasteiger charge is -2.06. The van der Waals surface area contributed by atoms with Gasteiger partial charge in [-0.05, 0) is 20.0 Å². The summed E-state index contributed by atoms with van der Waals surface area (Å²) in [6.07, 6.45) is 0. The summed E-state index contributed by atoms with van der Waals surface area (Å²) in [5.41, 5.74) is 3.32. The monoisotopic (exact) mass is 249 g/mol. The van der Waals surface area contributed by atoms with Gasteiger partial charge in [0.2, 0.25) is 0 Å². The lowest BCUT2D eigenvalue weighted by molar-refractivity contribution is 0.738. The van der Waals surface area contributed by atoms with Gasteiger partial charge in [0.15, 0.2) is 5.15 Å². The Labute approximate surface area is 106 Å². The van der Waals surface area contributed by atoms with Crippen LogP contribution in [0.5, 0.6) is 0 Å². The van der Waals surface area contributed by atoms with Gasteiger partial charge < -0.3 is 9.88 Å². The number of hydrogen-bond donors (Lipinski definition) is 1. The Morgan fingerprint density at radius 3 is 2.82 bits per heavy atom. The van der Waals surface area contributed by atoms with Crippen LogP contribution in [0.25, 0.3) is 11.4 Å². The van der Waals surface area contributed by atoms with E-state index >= 15 is 0 Å². The number of imidazole rings is 1. The van der Waals surface area contributed by atoms with Crippen molar-refractivity contribution in [1.82, 2.24) is 14.9 Å². The van der Waals surface area contributed by atoms with Gasteiger partial charge in [0.1, 0.15) is 5.82 Å². The normalized spacial score (nSPS) is 10.8. The van der Waals surface area contributed by atoms with Crippen LogP contribution in [0.3, 0.4) is 0 Å². The molecule has 1 N–H and O–H groups in total. The van der Waals surface area contributed by atoms with Crippen LogP contribution in [0.2, 0.25) is 5.15 Å². The summed E-state index contributed by atoms with van der Waals surface area (Å²) >= 11 is 6.15. The Morgan fingerprint density at radius 2 is 2.18 bits per heavy atom. The van der Waals surface area contributed by atoms with E-state index in [1.807, 2.05) is 24.7 Å². The molecule has 0 radical (unpaired) electrons. The largest absolute Gasteiger partial charge is 0.329 e. The molecule has 2 rings (SSSR count). The molecule has 0 saturated heterocycles. The molecule has 0 aliphatic heterocycles. The second-order valence-electron chi connectivity index (χ2n) is 4.13. The minimum Gasteiger partial charge on any atom is -0.329 e. The highest BCUT2D eigenvalue weighted by atomic mass is 35.5. The Morgan fingerprint density at radius 1 is 1.41 bits per heavy atom. The second kappa shape index (κ2) is 4.90. The van der Waals surface area contributed by atoms with Crippen molar-refractivity contribution in [3.8, 4) is 11.4 Å². The molecule has 1 heterocycles. The van der Waals surface area contributed by atoms with Gasteiger partial charge in [0.25, 0.3) is 0 Å². The fourth-order valence-electron chi connectivity index (χ4n) is 1.90. The summed E-state index contributed by atoms with van der Waals surface area (Å²) in [5, 5.41) is 3.66. The third-order valence-electron chi connectivity index (χ3n) is 2.79. The van der Waals surface area contributed by atoms with Gasteiger partial charge in [-0.3, -0.25) is 0 Å². The summed E-state index contributed by atoms with van der Waals surface area (Å²) in [5.74, 6) is 0.906. The van der Waals surface area contributed by atoms with Crippen molar-refractivity contribution in [2.24, 2.45) is 7.05 Å². The van der Waals surface area contributed by atoms with Crippen LogP contribution in [0, 0.1) is 6.92 Å². The number of aryl methyl sites for hydroxylation is 1. The van der Waals surface area contributed by atoms with Crippen molar-refractivity contribution in [3.63, 3.8) is 0 Å². The molecule has 17 heavy (non-hydrogen) atoms. The first-order chi connectivity index (χ1) is 8.13. The summed E-state index contributed by atoms with van der Waals surface area (Å²) in [7, 11) is 3.89. The molecule has 3 nitrogen and oxygen atoms in total. The van der Waals surface area contributed by atoms with Crippen LogP contribution >= 0.6 is 11.6 Å². The minimum atomic E-state index is 0.568. The number of rotatable bonds is 3. The summed E-state index contributed by atoms with van der Waals surface area (Å²) in [6, 6.07) is 8.27. The molecule has 0 fully saturated rings. The van der Waals surface area contributed by atoms with E-state index in [4.69, 9.17) is 11.6 Å². The molecular formula is C13H16ClN3. The van der Waals surface area contributed by atoms with Crippen molar-refractivity contribution < 1.29 is 0 Å². The summed E-state index contributed by atoms with van der Waals surface area (Å²) in [6.45, 7) is 2.79. The first-order valence-corrected chi connectivity index (χ1v) is 5.94. The van der Waals surface area contributed by atoms with Gasteiger partial charge in [-0.1, -0.05) is 35.4 Å². The third-order valence-corrected chi connectivity index (χ3v) is 3.09. The van der Waals surface area contributed by atoms with E-state index in [1.165, 1.54) is 5.56 Å². The van der Waals surface area contributed by atoms with E-state index < -0.39 is 0 Å². The van der Waals surface area contributed by atoms with Crippen molar-refractivity contribution in [2.75, 3.05) is 7.05 Å². The first-order valence-electron chi connectivity index (χ1n) is 5.56. The Kier molecular flexibility index (Phi) is 3.50. The highest BCUT2D eigenvalue weighted by molar-refractivity contribution is 6.30. The van der Waals surface area contributed by atoms with E-state index in [1.54, 1.807) is 0 Å². The van der Waals surface area contributed by atoms with Crippen molar-refractivity contribution in [3.05, 3.63) is 40.7 Å². The quantitative estimate of drug-likeness (QED) is 0.907. The average Bonchev–Trinajstić information content (AvgIpc) is 2.57. The maximum atomic E-state index is 6.15. The number of halogens is 1. The molecular weight excluding hydrogens is 234 g/mol. The molecule has 0 aliphatic carbocycles. The molecule has 0 saturated carbocycles. The number of nitrogens with zero attached hydrogens (tertiary/aromatic N) is 2. The van der Waals surface area contributed by atoms with Crippen LogP contribution in [-0.4, -0.2) is 16.6 Å². The van der Waals surface area contributed by atoms with Crippen molar-refractivity contribution in [1.29, 1.82) is 0 Å². The third kappa shape index (κ3) is 2.35. The van der Waals surface area contributed by atoms with Gasteiger partial charge in [0, 0.05) is 19.2 Å². The van der Waals surface area contributed by atoms with Crippen LogP contribution in [0.15, 0.2) is 24.3 Å². The molecule has 0 atom stereocenters. The maximum Gasteiger partial charge on any atom is 0.152 e. The molecule has 0 aliphatic rings. The summed E-state index contributed by atoms with van der Waals surface area (Å²) < 4.78 is 2.04. The highest BCUT2D eigenvalue weighted by Crippen LogP contribution is 2.24. The number of hydrogen-bond acceptors (Lipinski definition) is 2. The van der Waals surface area contributed by atoms with Crippen LogP contribution in [0.4, 0.5) is 0 Å². The molecule has 0 amide bonds. The van der Waals surface area contributed by atoms with E-state index in [0.717, 1.165) is 17.1 Å². The van der Waals surface area contributed by atoms with Crippen LogP contribution < -0.4 is 5.32 Å². The second-order valence-corrected chi connectivity index (χ2v) is 4.49. The smallest absolute Gasteiger partial charge is 0.152 e. The van der Waals surface area contributed by atoms with E-state index in [-0.39, 0.29) is 0 Å². The molecule has 1 aromatic heterocycles. The number of aromatic nitrogens is 2. The molecule has 0 bridgehead atoms. The predicted octanol–water partition coefficient (Wildman–Crippen LogP) is 2.77. The predicted molar refractivity (Wildman–Crippen MR) is 71.2 cm³/mol. The first kappa shape index (κ1) is 12.1.